The van der Waals surface area contributed by atoms with Gasteiger partial charge in [0.15, 0.2) is 0 Å². The van der Waals surface area contributed by atoms with Gasteiger partial charge in [-0.25, -0.2) is 13.1 Å². The summed E-state index contributed by atoms with van der Waals surface area (Å²) in [5.41, 5.74) is 5.85. The van der Waals surface area contributed by atoms with Gasteiger partial charge < -0.3 is 10.5 Å². The summed E-state index contributed by atoms with van der Waals surface area (Å²) in [6, 6.07) is 4.60. The molecule has 3 N–H and O–H groups in total. The summed E-state index contributed by atoms with van der Waals surface area (Å²) in [6.45, 7) is 4.63. The summed E-state index contributed by atoms with van der Waals surface area (Å²) in [6.07, 6.45) is 0.915. The van der Waals surface area contributed by atoms with Crippen LogP contribution >= 0.6 is 0 Å². The van der Waals surface area contributed by atoms with Crippen molar-refractivity contribution in [3.63, 3.8) is 0 Å². The highest BCUT2D eigenvalue weighted by Crippen LogP contribution is 2.21. The summed E-state index contributed by atoms with van der Waals surface area (Å²) in [5, 5.41) is 0. The molecule has 6 heteroatoms. The Hall–Kier alpha value is -1.55. The molecule has 0 fully saturated rings. The van der Waals surface area contributed by atoms with Crippen molar-refractivity contribution in [3.8, 4) is 17.6 Å². The molecule has 0 spiro atoms. The first-order chi connectivity index (χ1) is 9.94. The maximum Gasteiger partial charge on any atom is 0.240 e. The number of hydrogen-bond donors (Lipinski definition) is 2. The lowest BCUT2D eigenvalue weighted by molar-refractivity contribution is 0.413. The van der Waals surface area contributed by atoms with Crippen LogP contribution in [0.3, 0.4) is 0 Å². The molecule has 116 valence electrons. The molecule has 1 rings (SSSR count). The van der Waals surface area contributed by atoms with Gasteiger partial charge >= 0.3 is 0 Å². The molecular weight excluding hydrogens is 288 g/mol. The van der Waals surface area contributed by atoms with Crippen LogP contribution in [0.4, 0.5) is 0 Å². The fourth-order valence-electron chi connectivity index (χ4n) is 1.58. The number of hydrogen-bond acceptors (Lipinski definition) is 4. The number of ether oxygens (including phenoxy) is 1. The molecular formula is C15H22N2O3S. The van der Waals surface area contributed by atoms with Crippen LogP contribution in [-0.4, -0.2) is 28.6 Å². The van der Waals surface area contributed by atoms with Crippen LogP contribution in [0.25, 0.3) is 0 Å². The summed E-state index contributed by atoms with van der Waals surface area (Å²) in [5.74, 6) is 6.33. The van der Waals surface area contributed by atoms with E-state index in [9.17, 15) is 8.42 Å². The minimum Gasteiger partial charge on any atom is -0.495 e. The summed E-state index contributed by atoms with van der Waals surface area (Å²) in [4.78, 5) is 0.174. The lowest BCUT2D eigenvalue weighted by Gasteiger charge is -2.12. The quantitative estimate of drug-likeness (QED) is 0.777. The van der Waals surface area contributed by atoms with Gasteiger partial charge in [-0.05, 0) is 24.1 Å². The van der Waals surface area contributed by atoms with Crippen molar-refractivity contribution in [1.29, 1.82) is 0 Å². The number of nitrogens with two attached hydrogens (primary N) is 1. The van der Waals surface area contributed by atoms with E-state index in [0.717, 1.165) is 6.42 Å². The van der Waals surface area contributed by atoms with Crippen LogP contribution in [-0.2, 0) is 10.0 Å². The number of nitrogens with one attached hydrogen (secondary N) is 1. The minimum absolute atomic E-state index is 0.174. The van der Waals surface area contributed by atoms with Crippen molar-refractivity contribution in [1.82, 2.24) is 4.72 Å². The van der Waals surface area contributed by atoms with Crippen LogP contribution in [0, 0.1) is 17.8 Å². The van der Waals surface area contributed by atoms with Crippen molar-refractivity contribution in [2.24, 2.45) is 11.7 Å². The van der Waals surface area contributed by atoms with Crippen LogP contribution in [0.5, 0.6) is 5.75 Å². The Balaban J connectivity index is 3.07. The predicted octanol–water partition coefficient (Wildman–Crippen LogP) is 1.33. The first kappa shape index (κ1) is 17.5. The third-order valence-electron chi connectivity index (χ3n) is 3.13. The van der Waals surface area contributed by atoms with E-state index >= 15 is 0 Å². The van der Waals surface area contributed by atoms with E-state index in [1.807, 2.05) is 13.8 Å². The van der Waals surface area contributed by atoms with E-state index in [0.29, 0.717) is 17.9 Å². The van der Waals surface area contributed by atoms with Crippen molar-refractivity contribution in [3.05, 3.63) is 23.8 Å². The second-order valence-electron chi connectivity index (χ2n) is 4.73. The molecule has 1 aromatic carbocycles. The lowest BCUT2D eigenvalue weighted by Crippen LogP contribution is -2.28. The standard InChI is InChI=1S/C15H22N2O3S/c1-4-12(2)11-17-21(18,19)14-7-8-15(20-3)13(10-14)6-5-9-16/h7-8,10,12,17H,4,9,11,16H2,1-3H3. The van der Waals surface area contributed by atoms with Crippen molar-refractivity contribution < 1.29 is 13.2 Å². The second-order valence-corrected chi connectivity index (χ2v) is 6.50. The lowest BCUT2D eigenvalue weighted by atomic mass is 10.1. The number of methoxy groups -OCH3 is 1. The van der Waals surface area contributed by atoms with Gasteiger partial charge in [-0.15, -0.1) is 0 Å². The maximum atomic E-state index is 12.3. The number of benzene rings is 1. The average molecular weight is 310 g/mol. The van der Waals surface area contributed by atoms with E-state index in [-0.39, 0.29) is 17.4 Å². The van der Waals surface area contributed by atoms with E-state index < -0.39 is 10.0 Å². The Morgan fingerprint density at radius 2 is 2.14 bits per heavy atom. The number of rotatable bonds is 6. The summed E-state index contributed by atoms with van der Waals surface area (Å²) >= 11 is 0. The SMILES string of the molecule is CCC(C)CNS(=O)(=O)c1ccc(OC)c(C#CCN)c1. The van der Waals surface area contributed by atoms with Gasteiger partial charge in [0.2, 0.25) is 10.0 Å². The Labute approximate surface area is 126 Å². The smallest absolute Gasteiger partial charge is 0.240 e. The Morgan fingerprint density at radius 3 is 2.71 bits per heavy atom. The van der Waals surface area contributed by atoms with Gasteiger partial charge in [-0.1, -0.05) is 32.1 Å². The van der Waals surface area contributed by atoms with Gasteiger partial charge in [0.05, 0.1) is 24.1 Å². The molecule has 1 unspecified atom stereocenters. The molecule has 0 aliphatic carbocycles. The molecule has 21 heavy (non-hydrogen) atoms. The minimum atomic E-state index is -3.54. The molecule has 0 radical (unpaired) electrons. The van der Waals surface area contributed by atoms with Crippen molar-refractivity contribution >= 4 is 10.0 Å². The van der Waals surface area contributed by atoms with Crippen LogP contribution in [0.15, 0.2) is 23.1 Å². The molecule has 5 nitrogen and oxygen atoms in total. The van der Waals surface area contributed by atoms with Crippen LogP contribution < -0.4 is 15.2 Å². The molecule has 0 heterocycles. The second kappa shape index (κ2) is 8.03. The van der Waals surface area contributed by atoms with Gasteiger partial charge in [-0.3, -0.25) is 0 Å². The van der Waals surface area contributed by atoms with Gasteiger partial charge in [0.1, 0.15) is 5.75 Å². The zero-order valence-electron chi connectivity index (χ0n) is 12.6. The largest absolute Gasteiger partial charge is 0.495 e. The molecule has 0 aromatic heterocycles. The van der Waals surface area contributed by atoms with Gasteiger partial charge in [-0.2, -0.15) is 0 Å². The summed E-state index contributed by atoms with van der Waals surface area (Å²) in [7, 11) is -2.03. The first-order valence-corrected chi connectivity index (χ1v) is 8.29. The Kier molecular flexibility index (Phi) is 6.69. The normalized spacial score (nSPS) is 12.4. The fraction of sp³-hybridized carbons (Fsp3) is 0.467. The van der Waals surface area contributed by atoms with E-state index in [1.165, 1.54) is 19.2 Å². The molecule has 0 saturated heterocycles. The molecule has 1 atom stereocenters. The zero-order chi connectivity index (χ0) is 15.9. The molecule has 0 saturated carbocycles. The maximum absolute atomic E-state index is 12.3. The predicted molar refractivity (Wildman–Crippen MR) is 83.6 cm³/mol. The number of sulfonamides is 1. The van der Waals surface area contributed by atoms with Crippen molar-refractivity contribution in [2.45, 2.75) is 25.2 Å². The highest BCUT2D eigenvalue weighted by molar-refractivity contribution is 7.89. The van der Waals surface area contributed by atoms with E-state index in [4.69, 9.17) is 10.5 Å². The van der Waals surface area contributed by atoms with Crippen molar-refractivity contribution in [2.75, 3.05) is 20.2 Å². The van der Waals surface area contributed by atoms with E-state index in [2.05, 4.69) is 16.6 Å². The third kappa shape index (κ3) is 5.05. The van der Waals surface area contributed by atoms with Crippen LogP contribution in [0.1, 0.15) is 25.8 Å². The fourth-order valence-corrected chi connectivity index (χ4v) is 2.77. The molecule has 0 aliphatic rings. The molecule has 1 aromatic rings. The Bertz CT molecular complexity index is 630. The van der Waals surface area contributed by atoms with Gasteiger partial charge in [0.25, 0.3) is 0 Å². The third-order valence-corrected chi connectivity index (χ3v) is 4.55. The van der Waals surface area contributed by atoms with Gasteiger partial charge in [0, 0.05) is 6.54 Å². The average Bonchev–Trinajstić information content (AvgIpc) is 2.50. The molecule has 0 amide bonds. The zero-order valence-corrected chi connectivity index (χ0v) is 13.5. The highest BCUT2D eigenvalue weighted by atomic mass is 32.2. The first-order valence-electron chi connectivity index (χ1n) is 6.81. The summed E-state index contributed by atoms with van der Waals surface area (Å²) < 4.78 is 32.3. The van der Waals surface area contributed by atoms with E-state index in [1.54, 1.807) is 6.07 Å². The topological polar surface area (TPSA) is 81.4 Å². The van der Waals surface area contributed by atoms with Crippen LogP contribution in [0.2, 0.25) is 0 Å². The monoisotopic (exact) mass is 310 g/mol. The Morgan fingerprint density at radius 1 is 1.43 bits per heavy atom. The molecule has 0 aliphatic heterocycles. The highest BCUT2D eigenvalue weighted by Gasteiger charge is 2.16. The molecule has 0 bridgehead atoms.